The number of nitrogens with one attached hydrogen (secondary N) is 2. The molecule has 12 heteroatoms. The molecule has 236 valence electrons. The molecule has 4 aromatic rings. The van der Waals surface area contributed by atoms with Gasteiger partial charge in [0.05, 0.1) is 34.6 Å². The first-order chi connectivity index (χ1) is 22.0. The summed E-state index contributed by atoms with van der Waals surface area (Å²) in [4.78, 5) is 58.7. The molecule has 10 nitrogen and oxygen atoms in total. The van der Waals surface area contributed by atoms with Crippen LogP contribution < -0.4 is 16.2 Å². The average Bonchev–Trinajstić information content (AvgIpc) is 3.38. The standard InChI is InChI=1S/C34H31FN4O6S/c1-4-34(45-31(42)26(13-18(2)3)37-33(46)38-29(40)21-10-6-7-11-24(21)35)23-15-27-28-20(14-19-9-5-8-12-25(19)36-28)16-39(27)30(41)22(23)17-44-32(34)43/h5-12,14-15,18,26H,4,13,16-17H2,1-3H3,(H2,37,38,40,46)/t26-,34-/m0/s1. The van der Waals surface area contributed by atoms with Gasteiger partial charge in [-0.15, -0.1) is 0 Å². The number of aromatic nitrogens is 2. The third-order valence-electron chi connectivity index (χ3n) is 8.30. The van der Waals surface area contributed by atoms with Crippen LogP contribution in [0.5, 0.6) is 0 Å². The molecule has 0 radical (unpaired) electrons. The fourth-order valence-electron chi connectivity index (χ4n) is 6.02. The molecular weight excluding hydrogens is 611 g/mol. The molecule has 2 atom stereocenters. The predicted octanol–water partition coefficient (Wildman–Crippen LogP) is 4.49. The number of carbonyl (C=O) groups is 3. The lowest BCUT2D eigenvalue weighted by Crippen LogP contribution is -2.53. The molecule has 0 fully saturated rings. The van der Waals surface area contributed by atoms with Crippen molar-refractivity contribution in [2.45, 2.75) is 58.4 Å². The summed E-state index contributed by atoms with van der Waals surface area (Å²) in [5.41, 5.74) is 0.715. The van der Waals surface area contributed by atoms with E-state index >= 15 is 0 Å². The van der Waals surface area contributed by atoms with Crippen LogP contribution >= 0.6 is 12.2 Å². The van der Waals surface area contributed by atoms with E-state index in [2.05, 4.69) is 10.6 Å². The van der Waals surface area contributed by atoms with Crippen LogP contribution in [-0.2, 0) is 37.8 Å². The summed E-state index contributed by atoms with van der Waals surface area (Å²) >= 11 is 5.29. The van der Waals surface area contributed by atoms with E-state index in [0.29, 0.717) is 17.9 Å². The summed E-state index contributed by atoms with van der Waals surface area (Å²) in [5.74, 6) is -3.20. The maximum absolute atomic E-state index is 14.1. The van der Waals surface area contributed by atoms with Gasteiger partial charge < -0.3 is 19.4 Å². The van der Waals surface area contributed by atoms with Gasteiger partial charge in [0.25, 0.3) is 11.5 Å². The quantitative estimate of drug-likeness (QED) is 0.195. The zero-order valence-corrected chi connectivity index (χ0v) is 26.2. The third kappa shape index (κ3) is 5.42. The normalized spacial score (nSPS) is 17.0. The lowest BCUT2D eigenvalue weighted by molar-refractivity contribution is -0.190. The topological polar surface area (TPSA) is 129 Å². The summed E-state index contributed by atoms with van der Waals surface area (Å²) in [6, 6.07) is 15.6. The number of amides is 1. The zero-order valence-electron chi connectivity index (χ0n) is 25.4. The number of halogens is 1. The highest BCUT2D eigenvalue weighted by molar-refractivity contribution is 7.80. The second-order valence-corrected chi connectivity index (χ2v) is 12.2. The molecule has 0 saturated heterocycles. The van der Waals surface area contributed by atoms with Gasteiger partial charge in [-0.25, -0.2) is 19.0 Å². The maximum atomic E-state index is 14.1. The van der Waals surface area contributed by atoms with Crippen molar-refractivity contribution in [2.75, 3.05) is 0 Å². The molecule has 4 heterocycles. The molecule has 0 aliphatic carbocycles. The molecule has 46 heavy (non-hydrogen) atoms. The molecular formula is C34H31FN4O6S. The minimum absolute atomic E-state index is 0.0195. The first kappa shape index (κ1) is 31.0. The molecule has 0 unspecified atom stereocenters. The Labute approximate surface area is 268 Å². The second-order valence-electron chi connectivity index (χ2n) is 11.8. The van der Waals surface area contributed by atoms with Crippen LogP contribution in [0.25, 0.3) is 22.3 Å². The van der Waals surface area contributed by atoms with Crippen LogP contribution in [0, 0.1) is 11.7 Å². The van der Waals surface area contributed by atoms with Crippen LogP contribution in [0.15, 0.2) is 65.5 Å². The lowest BCUT2D eigenvalue weighted by atomic mass is 9.85. The first-order valence-electron chi connectivity index (χ1n) is 14.9. The Morgan fingerprint density at radius 2 is 1.87 bits per heavy atom. The Balaban J connectivity index is 1.33. The summed E-state index contributed by atoms with van der Waals surface area (Å²) < 4.78 is 27.2. The molecule has 0 bridgehead atoms. The summed E-state index contributed by atoms with van der Waals surface area (Å²) in [5, 5.41) is 5.91. The average molecular weight is 643 g/mol. The molecule has 0 saturated carbocycles. The van der Waals surface area contributed by atoms with E-state index < -0.39 is 35.3 Å². The fraction of sp³-hybridized carbons (Fsp3) is 0.294. The van der Waals surface area contributed by atoms with E-state index in [1.54, 1.807) is 17.6 Å². The third-order valence-corrected chi connectivity index (χ3v) is 8.52. The van der Waals surface area contributed by atoms with Gasteiger partial charge in [-0.3, -0.25) is 14.9 Å². The highest BCUT2D eigenvalue weighted by Crippen LogP contribution is 2.41. The number of cyclic esters (lactones) is 1. The minimum Gasteiger partial charge on any atom is -0.457 e. The molecule has 6 rings (SSSR count). The molecule has 2 aromatic heterocycles. The Morgan fingerprint density at radius 1 is 1.13 bits per heavy atom. The lowest BCUT2D eigenvalue weighted by Gasteiger charge is -2.37. The summed E-state index contributed by atoms with van der Waals surface area (Å²) in [6.07, 6.45) is 0.196. The number of nitrogens with zero attached hydrogens (tertiary/aromatic N) is 2. The Bertz CT molecular complexity index is 1990. The predicted molar refractivity (Wildman–Crippen MR) is 171 cm³/mol. The van der Waals surface area contributed by atoms with Crippen molar-refractivity contribution >= 4 is 46.1 Å². The first-order valence-corrected chi connectivity index (χ1v) is 15.4. The van der Waals surface area contributed by atoms with E-state index in [1.165, 1.54) is 18.2 Å². The van der Waals surface area contributed by atoms with Crippen LogP contribution in [0.4, 0.5) is 4.39 Å². The van der Waals surface area contributed by atoms with Gasteiger partial charge in [-0.2, -0.15) is 0 Å². The van der Waals surface area contributed by atoms with Crippen molar-refractivity contribution < 1.29 is 28.2 Å². The fourth-order valence-corrected chi connectivity index (χ4v) is 6.26. The summed E-state index contributed by atoms with van der Waals surface area (Å²) in [6.45, 7) is 5.45. The van der Waals surface area contributed by atoms with Gasteiger partial charge in [0, 0.05) is 16.5 Å². The van der Waals surface area contributed by atoms with Crippen molar-refractivity contribution in [1.29, 1.82) is 0 Å². The van der Waals surface area contributed by atoms with Crippen molar-refractivity contribution in [1.82, 2.24) is 20.2 Å². The van der Waals surface area contributed by atoms with Crippen molar-refractivity contribution in [3.63, 3.8) is 0 Å². The molecule has 2 aliphatic heterocycles. The van der Waals surface area contributed by atoms with Gasteiger partial charge >= 0.3 is 11.9 Å². The largest absolute Gasteiger partial charge is 0.457 e. The number of fused-ring (bicyclic) bond motifs is 5. The number of rotatable bonds is 7. The molecule has 0 spiro atoms. The number of esters is 2. The van der Waals surface area contributed by atoms with Gasteiger partial charge in [-0.05, 0) is 61.3 Å². The highest BCUT2D eigenvalue weighted by atomic mass is 32.1. The second kappa shape index (κ2) is 12.1. The number of ether oxygens (including phenoxy) is 2. The highest BCUT2D eigenvalue weighted by Gasteiger charge is 2.51. The monoisotopic (exact) mass is 642 g/mol. The number of carbonyl (C=O) groups excluding carboxylic acids is 3. The van der Waals surface area contributed by atoms with Crippen molar-refractivity contribution in [2.24, 2.45) is 5.92 Å². The molecule has 2 aromatic carbocycles. The van der Waals surface area contributed by atoms with E-state index in [-0.39, 0.29) is 52.7 Å². The van der Waals surface area contributed by atoms with Crippen LogP contribution in [0.3, 0.4) is 0 Å². The Hall–Kier alpha value is -4.97. The number of benzene rings is 2. The van der Waals surface area contributed by atoms with Crippen LogP contribution in [0.2, 0.25) is 0 Å². The van der Waals surface area contributed by atoms with E-state index in [0.717, 1.165) is 22.5 Å². The Morgan fingerprint density at radius 3 is 2.61 bits per heavy atom. The minimum atomic E-state index is -1.92. The SMILES string of the molecule is CC[C@@]1(OC(=O)[C@H](CC(C)C)NC(=S)NC(=O)c2ccccc2F)C(=O)OCc2c1cc1n(c2=O)Cc2cc3ccccc3nc2-1. The number of pyridine rings is 2. The van der Waals surface area contributed by atoms with Crippen molar-refractivity contribution in [3.8, 4) is 11.4 Å². The number of para-hydroxylation sites is 1. The number of hydrogen-bond acceptors (Lipinski definition) is 8. The molecule has 2 N–H and O–H groups in total. The van der Waals surface area contributed by atoms with Crippen LogP contribution in [0.1, 0.15) is 60.7 Å². The smallest absolute Gasteiger partial charge is 0.355 e. The van der Waals surface area contributed by atoms with E-state index in [4.69, 9.17) is 26.7 Å². The van der Waals surface area contributed by atoms with E-state index in [1.807, 2.05) is 44.2 Å². The van der Waals surface area contributed by atoms with Gasteiger partial charge in [0.15, 0.2) is 5.11 Å². The molecule has 1 amide bonds. The summed E-state index contributed by atoms with van der Waals surface area (Å²) in [7, 11) is 0. The van der Waals surface area contributed by atoms with Gasteiger partial charge in [0.1, 0.15) is 18.5 Å². The van der Waals surface area contributed by atoms with E-state index in [9.17, 15) is 23.6 Å². The van der Waals surface area contributed by atoms with Gasteiger partial charge in [-0.1, -0.05) is 51.1 Å². The maximum Gasteiger partial charge on any atom is 0.355 e. The van der Waals surface area contributed by atoms with Gasteiger partial charge in [0.2, 0.25) is 5.60 Å². The molecule has 2 aliphatic rings. The van der Waals surface area contributed by atoms with Crippen molar-refractivity contribution in [3.05, 3.63) is 99.1 Å². The number of thiocarbonyl (C=S) groups is 1. The zero-order chi connectivity index (χ0) is 32.7. The van der Waals surface area contributed by atoms with Crippen LogP contribution in [-0.4, -0.2) is 38.6 Å². The Kier molecular flexibility index (Phi) is 8.15. The number of hydrogen-bond donors (Lipinski definition) is 2.